The molecule has 0 bridgehead atoms. The van der Waals surface area contributed by atoms with E-state index in [1.54, 1.807) is 0 Å². The van der Waals surface area contributed by atoms with Crippen molar-refractivity contribution < 1.29 is 19.2 Å². The van der Waals surface area contributed by atoms with Gasteiger partial charge in [-0.05, 0) is 0 Å². The largest absolute Gasteiger partial charge is 0.184 e. The second kappa shape index (κ2) is 33.4. The summed E-state index contributed by atoms with van der Waals surface area (Å²) in [6, 6.07) is 25.0. The number of hydrogen-bond acceptors (Lipinski definition) is 0. The van der Waals surface area contributed by atoms with E-state index in [4.69, 9.17) is 0 Å². The SMILES string of the molecule is Br.Br.[C-]1=CC=CC1.[CH3-].[CH3-].[SiH2]=[Ti].[c-]1ccccc1.[c-]1ccccc1. The monoisotopic (exact) mass is 487 g/mol. The predicted octanol–water partition coefficient (Wildman–Crippen LogP) is 5.42. The number of hydrogen-bond donors (Lipinski definition) is 0. The third kappa shape index (κ3) is 30.3. The molecule has 2 aromatic rings. The van der Waals surface area contributed by atoms with Gasteiger partial charge in [-0.2, -0.15) is 78.9 Å². The minimum Gasteiger partial charge on any atom is -0.184 e. The summed E-state index contributed by atoms with van der Waals surface area (Å²) in [5.41, 5.74) is 0. The molecular weight excluding hydrogens is 464 g/mol. The zero-order chi connectivity index (χ0) is 14.0. The molecule has 1 aliphatic rings. The van der Waals surface area contributed by atoms with Gasteiger partial charge < -0.3 is 14.9 Å². The molecule has 0 aliphatic heterocycles. The van der Waals surface area contributed by atoms with Crippen LogP contribution in [0.1, 0.15) is 6.42 Å². The van der Waals surface area contributed by atoms with Crippen molar-refractivity contribution in [3.05, 3.63) is 112 Å². The maximum absolute atomic E-state index is 2.99. The Balaban J connectivity index is -0.0000000619. The third-order valence-corrected chi connectivity index (χ3v) is 1.80. The van der Waals surface area contributed by atoms with Gasteiger partial charge in [0.15, 0.2) is 0 Å². The van der Waals surface area contributed by atoms with E-state index in [0.717, 1.165) is 6.42 Å². The molecule has 0 aromatic heterocycles. The van der Waals surface area contributed by atoms with Crippen molar-refractivity contribution in [1.82, 2.24) is 0 Å². The van der Waals surface area contributed by atoms with Gasteiger partial charge in [-0.3, -0.25) is 6.08 Å². The first-order valence-electron chi connectivity index (χ1n) is 5.89. The Kier molecular flexibility index (Phi) is 49.7. The minimum atomic E-state index is 0. The first kappa shape index (κ1) is 34.2. The minimum absolute atomic E-state index is 0. The van der Waals surface area contributed by atoms with Crippen LogP contribution in [-0.2, 0) is 19.2 Å². The second-order valence-corrected chi connectivity index (χ2v) is 3.16. The van der Waals surface area contributed by atoms with E-state index in [2.05, 4.69) is 24.3 Å². The summed E-state index contributed by atoms with van der Waals surface area (Å²) in [5.74, 6) is 0. The average molecular weight is 489 g/mol. The maximum Gasteiger partial charge on any atom is -0.171 e. The molecule has 1 aliphatic carbocycles. The normalized spacial score (nSPS) is 8.13. The quantitative estimate of drug-likeness (QED) is 0.343. The summed E-state index contributed by atoms with van der Waals surface area (Å²) < 4.78 is 0. The molecule has 0 heterocycles. The van der Waals surface area contributed by atoms with Gasteiger partial charge >= 0.3 is 26.8 Å². The Labute approximate surface area is 178 Å². The Morgan fingerprint density at radius 3 is 1.17 bits per heavy atom. The molecular formula is C19H25Br2SiTi-5. The topological polar surface area (TPSA) is 0 Å². The summed E-state index contributed by atoms with van der Waals surface area (Å²) in [6.07, 6.45) is 10.0. The van der Waals surface area contributed by atoms with Crippen molar-refractivity contribution >= 4 is 41.6 Å². The van der Waals surface area contributed by atoms with Crippen LogP contribution in [-0.4, -0.2) is 7.63 Å². The molecule has 3 rings (SSSR count). The van der Waals surface area contributed by atoms with Crippen LogP contribution in [0.25, 0.3) is 0 Å². The van der Waals surface area contributed by atoms with Gasteiger partial charge in [0.2, 0.25) is 0 Å². The predicted molar refractivity (Wildman–Crippen MR) is 114 cm³/mol. The van der Waals surface area contributed by atoms with Gasteiger partial charge in [0.05, 0.1) is 0 Å². The first-order chi connectivity index (χ1) is 9.50. The van der Waals surface area contributed by atoms with Crippen LogP contribution in [0.15, 0.2) is 78.9 Å². The van der Waals surface area contributed by atoms with Gasteiger partial charge in [0.25, 0.3) is 0 Å². The van der Waals surface area contributed by atoms with Crippen molar-refractivity contribution in [2.45, 2.75) is 6.42 Å². The molecule has 0 fully saturated rings. The Hall–Kier alpha value is -0.189. The molecule has 0 saturated carbocycles. The van der Waals surface area contributed by atoms with Crippen LogP contribution >= 0.6 is 34.0 Å². The van der Waals surface area contributed by atoms with Crippen LogP contribution in [0, 0.1) is 33.1 Å². The van der Waals surface area contributed by atoms with E-state index < -0.39 is 0 Å². The molecule has 0 N–H and O–H groups in total. The van der Waals surface area contributed by atoms with Crippen LogP contribution < -0.4 is 0 Å². The van der Waals surface area contributed by atoms with Crippen LogP contribution in [0.4, 0.5) is 0 Å². The van der Waals surface area contributed by atoms with Crippen LogP contribution in [0.2, 0.25) is 0 Å². The fraction of sp³-hybridized carbons (Fsp3) is 0.0526. The van der Waals surface area contributed by atoms with Gasteiger partial charge in [-0.25, -0.2) is 12.2 Å². The van der Waals surface area contributed by atoms with Crippen molar-refractivity contribution in [1.29, 1.82) is 0 Å². The summed E-state index contributed by atoms with van der Waals surface area (Å²) in [5, 5.41) is 0. The van der Waals surface area contributed by atoms with E-state index in [1.807, 2.05) is 99.6 Å². The molecule has 0 atom stereocenters. The molecule has 4 heteroatoms. The average Bonchev–Trinajstić information content (AvgIpc) is 3.13. The maximum atomic E-state index is 2.99. The molecule has 0 unspecified atom stereocenters. The molecule has 128 valence electrons. The Morgan fingerprint density at radius 2 is 1.09 bits per heavy atom. The standard InChI is InChI=1S/2C6H5.C5H5.2CH3.2BrH.H2Si.Ti/c2*1-2-4-6-5-3-1;1-2-4-5-3-1;;;;;;/h2*1-5H;1-3H,4H2;2*1H3;2*1H;1H2;/q5*-1;;;;. The van der Waals surface area contributed by atoms with Crippen LogP contribution in [0.3, 0.4) is 0 Å². The Morgan fingerprint density at radius 1 is 0.696 bits per heavy atom. The molecule has 0 nitrogen and oxygen atoms in total. The molecule has 0 spiro atoms. The number of benzene rings is 2. The van der Waals surface area contributed by atoms with E-state index >= 15 is 0 Å². The summed E-state index contributed by atoms with van der Waals surface area (Å²) in [6.45, 7) is 0. The van der Waals surface area contributed by atoms with E-state index in [-0.39, 0.29) is 48.8 Å². The van der Waals surface area contributed by atoms with E-state index in [9.17, 15) is 0 Å². The van der Waals surface area contributed by atoms with Gasteiger partial charge in [0, 0.05) is 0 Å². The fourth-order valence-corrected chi connectivity index (χ4v) is 1.02. The van der Waals surface area contributed by atoms with Crippen molar-refractivity contribution in [3.8, 4) is 0 Å². The molecule has 0 saturated heterocycles. The smallest absolute Gasteiger partial charge is 0.171 e. The number of halogens is 2. The zero-order valence-corrected chi connectivity index (χ0v) is 20.1. The van der Waals surface area contributed by atoms with E-state index in [0.29, 0.717) is 0 Å². The molecule has 0 radical (unpaired) electrons. The molecule has 23 heavy (non-hydrogen) atoms. The zero-order valence-electron chi connectivity index (χ0n) is 13.7. The van der Waals surface area contributed by atoms with Crippen molar-refractivity contribution in [3.63, 3.8) is 0 Å². The van der Waals surface area contributed by atoms with Gasteiger partial charge in [0.1, 0.15) is 0 Å². The summed E-state index contributed by atoms with van der Waals surface area (Å²) in [4.78, 5) is 0. The molecule has 2 aromatic carbocycles. The van der Waals surface area contributed by atoms with Gasteiger partial charge in [-0.1, -0.05) is 0 Å². The third-order valence-electron chi connectivity index (χ3n) is 1.80. The van der Waals surface area contributed by atoms with Crippen LogP contribution in [0.5, 0.6) is 0 Å². The number of allylic oxidation sites excluding steroid dienone is 4. The van der Waals surface area contributed by atoms with Crippen molar-refractivity contribution in [2.75, 3.05) is 0 Å². The fourth-order valence-electron chi connectivity index (χ4n) is 1.02. The first-order valence-corrected chi connectivity index (χ1v) is 9.91. The summed E-state index contributed by atoms with van der Waals surface area (Å²) >= 11 is 2.03. The van der Waals surface area contributed by atoms with E-state index in [1.165, 1.54) is 0 Å². The number of rotatable bonds is 0. The molecule has 0 amide bonds. The summed E-state index contributed by atoms with van der Waals surface area (Å²) in [7, 11) is 1.86. The second-order valence-electron chi connectivity index (χ2n) is 3.16. The van der Waals surface area contributed by atoms with Crippen molar-refractivity contribution in [2.24, 2.45) is 0 Å². The Bertz CT molecular complexity index is 339. The van der Waals surface area contributed by atoms with Gasteiger partial charge in [-0.15, -0.1) is 40.4 Å².